The molecule has 0 aliphatic carbocycles. The van der Waals surface area contributed by atoms with E-state index in [0.717, 1.165) is 11.0 Å². The number of nitrogens with zero attached hydrogens (tertiary/aromatic N) is 3. The zero-order chi connectivity index (χ0) is 21.4. The third kappa shape index (κ3) is 3.10. The van der Waals surface area contributed by atoms with Gasteiger partial charge in [0.25, 0.3) is 5.56 Å². The predicted octanol–water partition coefficient (Wildman–Crippen LogP) is 3.82. The van der Waals surface area contributed by atoms with E-state index in [1.165, 1.54) is 0 Å². The average Bonchev–Trinajstić information content (AvgIpc) is 3.31. The van der Waals surface area contributed by atoms with Crippen molar-refractivity contribution in [3.8, 4) is 28.6 Å². The molecule has 0 atom stereocenters. The van der Waals surface area contributed by atoms with Crippen LogP contribution in [0.3, 0.4) is 0 Å². The van der Waals surface area contributed by atoms with Crippen LogP contribution in [0.5, 0.6) is 11.5 Å². The highest BCUT2D eigenvalue weighted by molar-refractivity contribution is 5.82. The van der Waals surface area contributed by atoms with Crippen molar-refractivity contribution in [1.29, 1.82) is 0 Å². The lowest BCUT2D eigenvalue weighted by Crippen LogP contribution is -2.23. The first kappa shape index (κ1) is 19.6. The minimum absolute atomic E-state index is 0.00419. The van der Waals surface area contributed by atoms with E-state index < -0.39 is 0 Å². The second kappa shape index (κ2) is 7.62. The number of hydrogen-bond acceptors (Lipinski definition) is 5. The average molecular weight is 407 g/mol. The van der Waals surface area contributed by atoms with Crippen LogP contribution in [0.25, 0.3) is 28.1 Å². The smallest absolute Gasteiger partial charge is 0.284 e. The summed E-state index contributed by atoms with van der Waals surface area (Å²) >= 11 is 0. The summed E-state index contributed by atoms with van der Waals surface area (Å²) in [4.78, 5) is 21.6. The fraction of sp³-hybridized carbons (Fsp3) is 0.273. The number of imidazole rings is 1. The maximum atomic E-state index is 13.7. The number of rotatable bonds is 6. The lowest BCUT2D eigenvalue weighted by molar-refractivity contribution is 0.392. The maximum absolute atomic E-state index is 13.7. The first-order valence-electron chi connectivity index (χ1n) is 9.72. The minimum atomic E-state index is -0.192. The molecule has 156 valence electrons. The molecule has 30 heavy (non-hydrogen) atoms. The number of nitrogens with one attached hydrogen (secondary N) is 2. The van der Waals surface area contributed by atoms with Crippen molar-refractivity contribution in [3.05, 3.63) is 52.8 Å². The van der Waals surface area contributed by atoms with E-state index in [-0.39, 0.29) is 11.6 Å². The fourth-order valence-electron chi connectivity index (χ4n) is 3.69. The Morgan fingerprint density at radius 3 is 2.30 bits per heavy atom. The summed E-state index contributed by atoms with van der Waals surface area (Å²) in [6, 6.07) is 13.1. The van der Waals surface area contributed by atoms with Gasteiger partial charge in [0.05, 0.1) is 30.9 Å². The summed E-state index contributed by atoms with van der Waals surface area (Å²) in [6.45, 7) is 4.05. The van der Waals surface area contributed by atoms with E-state index in [1.54, 1.807) is 32.0 Å². The molecule has 4 rings (SSSR count). The van der Waals surface area contributed by atoms with E-state index >= 15 is 0 Å². The molecule has 2 N–H and O–H groups in total. The van der Waals surface area contributed by atoms with Crippen molar-refractivity contribution in [2.75, 3.05) is 26.6 Å². The first-order chi connectivity index (χ1) is 14.5. The molecule has 2 heterocycles. The molecule has 0 aliphatic heterocycles. The number of benzene rings is 2. The van der Waals surface area contributed by atoms with E-state index in [0.29, 0.717) is 34.4 Å². The SMILES string of the molecule is CNc1c(-c2nc3ccccc3[nH]2)c(=O)n(-c2cc(OC)cc(OC)c2)n1C(C)C. The Morgan fingerprint density at radius 1 is 1.07 bits per heavy atom. The van der Waals surface area contributed by atoms with Crippen LogP contribution in [0.1, 0.15) is 19.9 Å². The maximum Gasteiger partial charge on any atom is 0.284 e. The summed E-state index contributed by atoms with van der Waals surface area (Å²) < 4.78 is 14.4. The molecule has 0 unspecified atom stereocenters. The molecule has 0 radical (unpaired) electrons. The van der Waals surface area contributed by atoms with Gasteiger partial charge in [0.1, 0.15) is 28.7 Å². The monoisotopic (exact) mass is 407 g/mol. The molecule has 0 saturated carbocycles. The zero-order valence-corrected chi connectivity index (χ0v) is 17.7. The molecule has 0 fully saturated rings. The van der Waals surface area contributed by atoms with Crippen molar-refractivity contribution in [2.45, 2.75) is 19.9 Å². The van der Waals surface area contributed by atoms with Crippen LogP contribution < -0.4 is 20.3 Å². The Kier molecular flexibility index (Phi) is 4.99. The summed E-state index contributed by atoms with van der Waals surface area (Å²) in [5.41, 5.74) is 2.61. The Morgan fingerprint density at radius 2 is 1.73 bits per heavy atom. The molecule has 8 nitrogen and oxygen atoms in total. The number of anilines is 1. The number of H-pyrrole nitrogens is 1. The second-order valence-corrected chi connectivity index (χ2v) is 7.20. The third-order valence-electron chi connectivity index (χ3n) is 5.02. The topological polar surface area (TPSA) is 86.1 Å². The van der Waals surface area contributed by atoms with Crippen molar-refractivity contribution < 1.29 is 9.47 Å². The van der Waals surface area contributed by atoms with Gasteiger partial charge >= 0.3 is 0 Å². The van der Waals surface area contributed by atoms with Crippen LogP contribution in [0.2, 0.25) is 0 Å². The summed E-state index contributed by atoms with van der Waals surface area (Å²) in [5.74, 6) is 2.40. The molecule has 0 amide bonds. The zero-order valence-electron chi connectivity index (χ0n) is 17.7. The van der Waals surface area contributed by atoms with Crippen LogP contribution in [-0.2, 0) is 0 Å². The van der Waals surface area contributed by atoms with Gasteiger partial charge in [-0.2, -0.15) is 0 Å². The highest BCUT2D eigenvalue weighted by Crippen LogP contribution is 2.31. The Hall–Kier alpha value is -3.68. The largest absolute Gasteiger partial charge is 0.497 e. The predicted molar refractivity (Wildman–Crippen MR) is 118 cm³/mol. The van der Waals surface area contributed by atoms with Crippen LogP contribution in [-0.4, -0.2) is 40.6 Å². The van der Waals surface area contributed by atoms with Gasteiger partial charge in [0.15, 0.2) is 0 Å². The van der Waals surface area contributed by atoms with Crippen LogP contribution in [0, 0.1) is 0 Å². The molecule has 0 aliphatic rings. The number of aromatic amines is 1. The molecule has 0 spiro atoms. The van der Waals surface area contributed by atoms with Crippen molar-refractivity contribution in [1.82, 2.24) is 19.3 Å². The van der Waals surface area contributed by atoms with Crippen molar-refractivity contribution in [2.24, 2.45) is 0 Å². The Balaban J connectivity index is 2.04. The molecule has 0 bridgehead atoms. The number of methoxy groups -OCH3 is 2. The fourth-order valence-corrected chi connectivity index (χ4v) is 3.69. The first-order valence-corrected chi connectivity index (χ1v) is 9.72. The van der Waals surface area contributed by atoms with Crippen LogP contribution in [0.15, 0.2) is 47.3 Å². The van der Waals surface area contributed by atoms with Crippen molar-refractivity contribution >= 4 is 16.9 Å². The number of fused-ring (bicyclic) bond motifs is 1. The van der Waals surface area contributed by atoms with Crippen LogP contribution >= 0.6 is 0 Å². The van der Waals surface area contributed by atoms with E-state index in [1.807, 2.05) is 54.9 Å². The van der Waals surface area contributed by atoms with E-state index in [2.05, 4.69) is 15.3 Å². The van der Waals surface area contributed by atoms with Gasteiger partial charge < -0.3 is 19.8 Å². The molecule has 4 aromatic rings. The van der Waals surface area contributed by atoms with Crippen molar-refractivity contribution in [3.63, 3.8) is 0 Å². The number of hydrogen-bond donors (Lipinski definition) is 2. The number of ether oxygens (including phenoxy) is 2. The molecule has 0 saturated heterocycles. The Bertz CT molecular complexity index is 1210. The summed E-state index contributed by atoms with van der Waals surface area (Å²) in [5, 5.41) is 3.20. The summed E-state index contributed by atoms with van der Waals surface area (Å²) in [6.07, 6.45) is 0. The van der Waals surface area contributed by atoms with E-state index in [4.69, 9.17) is 9.47 Å². The van der Waals surface area contributed by atoms with Gasteiger partial charge in [-0.25, -0.2) is 9.67 Å². The highest BCUT2D eigenvalue weighted by atomic mass is 16.5. The minimum Gasteiger partial charge on any atom is -0.497 e. The number of para-hydroxylation sites is 2. The van der Waals surface area contributed by atoms with E-state index in [9.17, 15) is 4.79 Å². The normalized spacial score (nSPS) is 11.3. The third-order valence-corrected chi connectivity index (χ3v) is 5.02. The molecule has 2 aromatic heterocycles. The van der Waals surface area contributed by atoms with Crippen LogP contribution in [0.4, 0.5) is 5.82 Å². The molecule has 8 heteroatoms. The number of aromatic nitrogens is 4. The standard InChI is InChI=1S/C22H25N5O3/c1-13(2)26-21(23-3)19(20-24-17-8-6-7-9-18(17)25-20)22(28)27(26)14-10-15(29-4)12-16(11-14)30-5/h6-13,23H,1-5H3,(H,24,25). The van der Waals surface area contributed by atoms with Gasteiger partial charge in [0, 0.05) is 31.3 Å². The van der Waals surface area contributed by atoms with Gasteiger partial charge in [-0.05, 0) is 26.0 Å². The van der Waals surface area contributed by atoms with Gasteiger partial charge in [-0.3, -0.25) is 9.48 Å². The van der Waals surface area contributed by atoms with Gasteiger partial charge in [-0.1, -0.05) is 12.1 Å². The second-order valence-electron chi connectivity index (χ2n) is 7.20. The summed E-state index contributed by atoms with van der Waals surface area (Å²) in [7, 11) is 4.97. The molecular formula is C22H25N5O3. The lowest BCUT2D eigenvalue weighted by Gasteiger charge is -2.19. The molecular weight excluding hydrogens is 382 g/mol. The van der Waals surface area contributed by atoms with Gasteiger partial charge in [0.2, 0.25) is 0 Å². The highest BCUT2D eigenvalue weighted by Gasteiger charge is 2.26. The molecule has 2 aromatic carbocycles. The lowest BCUT2D eigenvalue weighted by atomic mass is 10.2. The van der Waals surface area contributed by atoms with Gasteiger partial charge in [-0.15, -0.1) is 0 Å². The quantitative estimate of drug-likeness (QED) is 0.507. The Labute approximate surface area is 174 Å².